The van der Waals surface area contributed by atoms with Gasteiger partial charge in [0.05, 0.1) is 11.6 Å². The summed E-state index contributed by atoms with van der Waals surface area (Å²) >= 11 is 0. The molecule has 1 aromatic rings. The molecule has 0 saturated carbocycles. The lowest BCUT2D eigenvalue weighted by molar-refractivity contribution is 0.0786. The Bertz CT molecular complexity index is 507. The number of amides is 2. The Hall–Kier alpha value is -1.99. The first-order valence-electron chi connectivity index (χ1n) is 7.06. The molecule has 1 unspecified atom stereocenters. The highest BCUT2D eigenvalue weighted by molar-refractivity contribution is 5.74. The Morgan fingerprint density at radius 1 is 1.33 bits per heavy atom. The van der Waals surface area contributed by atoms with Gasteiger partial charge in [0.1, 0.15) is 0 Å². The number of hydrogen-bond acceptors (Lipinski definition) is 2. The normalized spacial score (nSPS) is 12.6. The zero-order valence-corrected chi connectivity index (χ0v) is 13.1. The van der Waals surface area contributed by atoms with E-state index in [0.717, 1.165) is 11.1 Å². The molecular formula is C17H24N2O2. The molecule has 0 spiro atoms. The van der Waals surface area contributed by atoms with E-state index in [4.69, 9.17) is 6.42 Å². The number of benzene rings is 1. The van der Waals surface area contributed by atoms with E-state index in [1.165, 1.54) is 0 Å². The highest BCUT2D eigenvalue weighted by Crippen LogP contribution is 2.19. The quantitative estimate of drug-likeness (QED) is 0.728. The van der Waals surface area contributed by atoms with Crippen molar-refractivity contribution in [3.05, 3.63) is 35.4 Å². The van der Waals surface area contributed by atoms with Crippen LogP contribution in [-0.4, -0.2) is 17.2 Å². The van der Waals surface area contributed by atoms with Gasteiger partial charge >= 0.3 is 6.03 Å². The third-order valence-electron chi connectivity index (χ3n) is 3.25. The fraction of sp³-hybridized carbons (Fsp3) is 0.471. The zero-order chi connectivity index (χ0) is 16.0. The predicted molar refractivity (Wildman–Crippen MR) is 84.5 cm³/mol. The van der Waals surface area contributed by atoms with Crippen LogP contribution in [0.3, 0.4) is 0 Å². The van der Waals surface area contributed by atoms with Crippen LogP contribution in [-0.2, 0) is 12.1 Å². The van der Waals surface area contributed by atoms with Crippen LogP contribution in [0.2, 0.25) is 0 Å². The number of aliphatic hydroxyl groups is 1. The minimum absolute atomic E-state index is 0.187. The van der Waals surface area contributed by atoms with Crippen molar-refractivity contribution >= 4 is 6.03 Å². The maximum absolute atomic E-state index is 11.8. The highest BCUT2D eigenvalue weighted by atomic mass is 16.3. The van der Waals surface area contributed by atoms with Gasteiger partial charge in [-0.2, -0.15) is 0 Å². The molecule has 0 aromatic heterocycles. The molecule has 0 aliphatic rings. The third-order valence-corrected chi connectivity index (χ3v) is 3.25. The van der Waals surface area contributed by atoms with Crippen molar-refractivity contribution in [2.24, 2.45) is 5.92 Å². The van der Waals surface area contributed by atoms with Crippen LogP contribution in [0.4, 0.5) is 4.79 Å². The van der Waals surface area contributed by atoms with Crippen LogP contribution in [0.15, 0.2) is 24.3 Å². The minimum atomic E-state index is -0.861. The molecule has 0 heterocycles. The first-order chi connectivity index (χ1) is 9.74. The zero-order valence-electron chi connectivity index (χ0n) is 13.1. The van der Waals surface area contributed by atoms with Crippen molar-refractivity contribution in [2.75, 3.05) is 0 Å². The molecule has 0 aliphatic carbocycles. The summed E-state index contributed by atoms with van der Waals surface area (Å²) in [6, 6.07) is 6.92. The van der Waals surface area contributed by atoms with Crippen LogP contribution < -0.4 is 10.6 Å². The third kappa shape index (κ3) is 5.49. The molecule has 0 fully saturated rings. The fourth-order valence-electron chi connectivity index (χ4n) is 1.81. The maximum Gasteiger partial charge on any atom is 0.316 e. The Morgan fingerprint density at radius 3 is 2.33 bits per heavy atom. The molecule has 114 valence electrons. The summed E-state index contributed by atoms with van der Waals surface area (Å²) in [5.41, 5.74) is 0.934. The number of carbonyl (C=O) groups excluding carboxylic acids is 1. The Labute approximate surface area is 127 Å². The van der Waals surface area contributed by atoms with Crippen molar-refractivity contribution in [3.63, 3.8) is 0 Å². The van der Waals surface area contributed by atoms with Crippen molar-refractivity contribution < 1.29 is 9.90 Å². The van der Waals surface area contributed by atoms with Crippen LogP contribution in [0, 0.1) is 18.3 Å². The first-order valence-corrected chi connectivity index (χ1v) is 7.06. The van der Waals surface area contributed by atoms with Gasteiger partial charge in [0.25, 0.3) is 0 Å². The van der Waals surface area contributed by atoms with E-state index >= 15 is 0 Å². The molecule has 1 rings (SSSR count). The van der Waals surface area contributed by atoms with Gasteiger partial charge in [-0.15, -0.1) is 6.42 Å². The summed E-state index contributed by atoms with van der Waals surface area (Å²) in [6.45, 7) is 7.80. The Morgan fingerprint density at radius 2 is 1.90 bits per heavy atom. The molecule has 4 nitrogen and oxygen atoms in total. The fourth-order valence-corrected chi connectivity index (χ4v) is 1.81. The monoisotopic (exact) mass is 288 g/mol. The van der Waals surface area contributed by atoms with Crippen molar-refractivity contribution in [3.8, 4) is 12.3 Å². The second-order valence-electron chi connectivity index (χ2n) is 5.97. The lowest BCUT2D eigenvalue weighted by Crippen LogP contribution is -2.43. The van der Waals surface area contributed by atoms with E-state index in [1.807, 2.05) is 38.1 Å². The topological polar surface area (TPSA) is 61.4 Å². The number of rotatable bonds is 5. The maximum atomic E-state index is 11.8. The molecule has 0 saturated heterocycles. The van der Waals surface area contributed by atoms with Crippen LogP contribution in [0.25, 0.3) is 0 Å². The number of urea groups is 1. The second kappa shape index (κ2) is 7.14. The van der Waals surface area contributed by atoms with Gasteiger partial charge in [0, 0.05) is 6.54 Å². The van der Waals surface area contributed by atoms with Gasteiger partial charge in [0.15, 0.2) is 0 Å². The Kier molecular flexibility index (Phi) is 5.80. The standard InChI is InChI=1S/C17H24N2O2/c1-6-15(12(2)3)19-16(20)18-11-13-7-9-14(10-8-13)17(4,5)21/h1,7-10,12,15,21H,11H2,2-5H3,(H2,18,19,20). The summed E-state index contributed by atoms with van der Waals surface area (Å²) in [7, 11) is 0. The predicted octanol–water partition coefficient (Wildman–Crippen LogP) is 2.37. The van der Waals surface area contributed by atoms with E-state index in [1.54, 1.807) is 13.8 Å². The van der Waals surface area contributed by atoms with E-state index < -0.39 is 5.60 Å². The van der Waals surface area contributed by atoms with E-state index in [-0.39, 0.29) is 18.0 Å². The summed E-state index contributed by atoms with van der Waals surface area (Å²) in [6.07, 6.45) is 5.37. The van der Waals surface area contributed by atoms with Gasteiger partial charge in [0.2, 0.25) is 0 Å². The summed E-state index contributed by atoms with van der Waals surface area (Å²) in [4.78, 5) is 11.8. The average Bonchev–Trinajstić information content (AvgIpc) is 2.41. The van der Waals surface area contributed by atoms with Gasteiger partial charge in [-0.1, -0.05) is 44.0 Å². The summed E-state index contributed by atoms with van der Waals surface area (Å²) < 4.78 is 0. The van der Waals surface area contributed by atoms with Crippen molar-refractivity contribution in [1.29, 1.82) is 0 Å². The second-order valence-corrected chi connectivity index (χ2v) is 5.97. The number of carbonyl (C=O) groups is 1. The smallest absolute Gasteiger partial charge is 0.316 e. The lowest BCUT2D eigenvalue weighted by Gasteiger charge is -2.18. The number of nitrogens with one attached hydrogen (secondary N) is 2. The van der Waals surface area contributed by atoms with Gasteiger partial charge < -0.3 is 15.7 Å². The molecule has 3 N–H and O–H groups in total. The number of terminal acetylenes is 1. The van der Waals surface area contributed by atoms with Crippen LogP contribution in [0.5, 0.6) is 0 Å². The van der Waals surface area contributed by atoms with Gasteiger partial charge in [-0.25, -0.2) is 4.79 Å². The van der Waals surface area contributed by atoms with Gasteiger partial charge in [-0.05, 0) is 30.9 Å². The first kappa shape index (κ1) is 17.1. The van der Waals surface area contributed by atoms with Crippen molar-refractivity contribution in [1.82, 2.24) is 10.6 Å². The largest absolute Gasteiger partial charge is 0.386 e. The van der Waals surface area contributed by atoms with Gasteiger partial charge in [-0.3, -0.25) is 0 Å². The molecule has 0 bridgehead atoms. The SMILES string of the molecule is C#CC(NC(=O)NCc1ccc(C(C)(C)O)cc1)C(C)C. The van der Waals surface area contributed by atoms with Crippen LogP contribution >= 0.6 is 0 Å². The summed E-state index contributed by atoms with van der Waals surface area (Å²) in [5, 5.41) is 15.4. The number of hydrogen-bond donors (Lipinski definition) is 3. The molecular weight excluding hydrogens is 264 g/mol. The van der Waals surface area contributed by atoms with Crippen LogP contribution in [0.1, 0.15) is 38.8 Å². The van der Waals surface area contributed by atoms with E-state index in [0.29, 0.717) is 6.54 Å². The Balaban J connectivity index is 2.52. The molecule has 0 aliphatic heterocycles. The minimum Gasteiger partial charge on any atom is -0.386 e. The lowest BCUT2D eigenvalue weighted by atomic mass is 9.97. The van der Waals surface area contributed by atoms with E-state index in [9.17, 15) is 9.90 Å². The molecule has 1 atom stereocenters. The van der Waals surface area contributed by atoms with E-state index in [2.05, 4.69) is 16.6 Å². The summed E-state index contributed by atoms with van der Waals surface area (Å²) in [5.74, 6) is 2.74. The highest BCUT2D eigenvalue weighted by Gasteiger charge is 2.15. The molecule has 21 heavy (non-hydrogen) atoms. The average molecular weight is 288 g/mol. The molecule has 1 aromatic carbocycles. The molecule has 2 amide bonds. The van der Waals surface area contributed by atoms with Crippen molar-refractivity contribution in [2.45, 2.75) is 45.9 Å². The molecule has 4 heteroatoms. The molecule has 0 radical (unpaired) electrons.